The average Bonchev–Trinajstić information content (AvgIpc) is 2.44. The van der Waals surface area contributed by atoms with Crippen LogP contribution in [0.5, 0.6) is 5.75 Å². The molecule has 2 aromatic rings. The van der Waals surface area contributed by atoms with Gasteiger partial charge in [-0.25, -0.2) is 0 Å². The van der Waals surface area contributed by atoms with E-state index >= 15 is 0 Å². The van der Waals surface area contributed by atoms with Gasteiger partial charge in [0.25, 0.3) is 0 Å². The third kappa shape index (κ3) is 2.91. The van der Waals surface area contributed by atoms with Gasteiger partial charge in [0.1, 0.15) is 5.75 Å². The first-order valence-electron chi connectivity index (χ1n) is 6.23. The van der Waals surface area contributed by atoms with E-state index in [1.807, 2.05) is 44.3 Å². The van der Waals surface area contributed by atoms with Crippen LogP contribution in [0.4, 0.5) is 0 Å². The predicted molar refractivity (Wildman–Crippen MR) is 80.1 cm³/mol. The maximum atomic E-state index is 6.42. The Morgan fingerprint density at radius 2 is 1.89 bits per heavy atom. The number of hydrogen-bond acceptors (Lipinski definition) is 2. The Kier molecular flexibility index (Phi) is 4.46. The molecule has 0 spiro atoms. The molecule has 2 rings (SSSR count). The molecule has 0 fully saturated rings. The van der Waals surface area contributed by atoms with E-state index in [4.69, 9.17) is 16.3 Å². The summed E-state index contributed by atoms with van der Waals surface area (Å²) in [6, 6.07) is 14.2. The molecule has 0 amide bonds. The largest absolute Gasteiger partial charge is 0.497 e. The number of nitrogens with one attached hydrogen (secondary N) is 1. The molecule has 0 radical (unpaired) electrons. The van der Waals surface area contributed by atoms with E-state index in [9.17, 15) is 0 Å². The van der Waals surface area contributed by atoms with Crippen LogP contribution in [0.25, 0.3) is 0 Å². The summed E-state index contributed by atoms with van der Waals surface area (Å²) in [4.78, 5) is 0. The molecule has 3 heteroatoms. The topological polar surface area (TPSA) is 21.3 Å². The zero-order chi connectivity index (χ0) is 13.8. The monoisotopic (exact) mass is 275 g/mol. The third-order valence-electron chi connectivity index (χ3n) is 3.25. The van der Waals surface area contributed by atoms with Crippen molar-refractivity contribution in [2.24, 2.45) is 0 Å². The van der Waals surface area contributed by atoms with Gasteiger partial charge in [-0.05, 0) is 42.8 Å². The molecule has 2 aromatic carbocycles. The van der Waals surface area contributed by atoms with Crippen LogP contribution in [0.15, 0.2) is 42.5 Å². The fourth-order valence-electron chi connectivity index (χ4n) is 2.22. The Morgan fingerprint density at radius 3 is 2.58 bits per heavy atom. The Labute approximate surface area is 119 Å². The van der Waals surface area contributed by atoms with Crippen LogP contribution >= 0.6 is 11.6 Å². The highest BCUT2D eigenvalue weighted by atomic mass is 35.5. The highest BCUT2D eigenvalue weighted by Crippen LogP contribution is 2.31. The van der Waals surface area contributed by atoms with Crippen LogP contribution in [-0.2, 0) is 0 Å². The Bertz CT molecular complexity index is 568. The van der Waals surface area contributed by atoms with Crippen molar-refractivity contribution in [3.63, 3.8) is 0 Å². The Morgan fingerprint density at radius 1 is 1.16 bits per heavy atom. The van der Waals surface area contributed by atoms with Crippen molar-refractivity contribution in [2.45, 2.75) is 13.0 Å². The molecule has 0 saturated heterocycles. The molecule has 0 aromatic heterocycles. The maximum Gasteiger partial charge on any atom is 0.119 e. The zero-order valence-electron chi connectivity index (χ0n) is 11.4. The molecular weight excluding hydrogens is 258 g/mol. The Hall–Kier alpha value is -1.51. The van der Waals surface area contributed by atoms with Crippen LogP contribution in [-0.4, -0.2) is 14.2 Å². The van der Waals surface area contributed by atoms with Crippen LogP contribution in [0.3, 0.4) is 0 Å². The summed E-state index contributed by atoms with van der Waals surface area (Å²) in [6.07, 6.45) is 0. The fourth-order valence-corrected chi connectivity index (χ4v) is 2.45. The van der Waals surface area contributed by atoms with Crippen molar-refractivity contribution in [1.29, 1.82) is 0 Å². The van der Waals surface area contributed by atoms with Crippen molar-refractivity contribution in [3.8, 4) is 5.75 Å². The van der Waals surface area contributed by atoms with Gasteiger partial charge in [-0.3, -0.25) is 0 Å². The van der Waals surface area contributed by atoms with Crippen molar-refractivity contribution < 1.29 is 4.74 Å². The van der Waals surface area contributed by atoms with E-state index in [0.29, 0.717) is 0 Å². The molecule has 0 bridgehead atoms. The Balaban J connectivity index is 2.46. The van der Waals surface area contributed by atoms with E-state index in [0.717, 1.165) is 27.5 Å². The van der Waals surface area contributed by atoms with Gasteiger partial charge in [-0.2, -0.15) is 0 Å². The number of aryl methyl sites for hydroxylation is 1. The van der Waals surface area contributed by atoms with Gasteiger partial charge in [-0.1, -0.05) is 41.9 Å². The van der Waals surface area contributed by atoms with Crippen LogP contribution in [0.1, 0.15) is 22.7 Å². The van der Waals surface area contributed by atoms with Crippen molar-refractivity contribution in [2.75, 3.05) is 14.2 Å². The van der Waals surface area contributed by atoms with Gasteiger partial charge in [0.05, 0.1) is 13.2 Å². The molecule has 1 N–H and O–H groups in total. The smallest absolute Gasteiger partial charge is 0.119 e. The van der Waals surface area contributed by atoms with Crippen LogP contribution in [0.2, 0.25) is 5.02 Å². The van der Waals surface area contributed by atoms with Gasteiger partial charge in [0, 0.05) is 5.02 Å². The summed E-state index contributed by atoms with van der Waals surface area (Å²) >= 11 is 6.42. The van der Waals surface area contributed by atoms with Crippen molar-refractivity contribution in [1.82, 2.24) is 5.32 Å². The average molecular weight is 276 g/mol. The molecule has 0 aliphatic heterocycles. The molecule has 1 unspecified atom stereocenters. The highest BCUT2D eigenvalue weighted by Gasteiger charge is 2.16. The van der Waals surface area contributed by atoms with Crippen molar-refractivity contribution >= 4 is 11.6 Å². The molecule has 19 heavy (non-hydrogen) atoms. The molecule has 0 aliphatic carbocycles. The van der Waals surface area contributed by atoms with E-state index in [2.05, 4.69) is 17.4 Å². The van der Waals surface area contributed by atoms with E-state index in [1.165, 1.54) is 0 Å². The summed E-state index contributed by atoms with van der Waals surface area (Å²) in [7, 11) is 3.61. The first-order valence-corrected chi connectivity index (χ1v) is 6.61. The molecule has 2 nitrogen and oxygen atoms in total. The molecule has 0 saturated carbocycles. The van der Waals surface area contributed by atoms with Gasteiger partial charge in [0.15, 0.2) is 0 Å². The van der Waals surface area contributed by atoms with Crippen LogP contribution < -0.4 is 10.1 Å². The number of hydrogen-bond donors (Lipinski definition) is 1. The number of benzene rings is 2. The summed E-state index contributed by atoms with van der Waals surface area (Å²) < 4.78 is 5.28. The van der Waals surface area contributed by atoms with Crippen LogP contribution in [0, 0.1) is 6.92 Å². The van der Waals surface area contributed by atoms with Gasteiger partial charge in [-0.15, -0.1) is 0 Å². The van der Waals surface area contributed by atoms with E-state index < -0.39 is 0 Å². The number of rotatable bonds is 4. The SMILES string of the molecule is CNC(c1cccc(OC)c1)c1cccc(C)c1Cl. The standard InChI is InChI=1S/C16H18ClNO/c1-11-6-4-9-14(15(11)17)16(18-2)12-7-5-8-13(10-12)19-3/h4-10,16,18H,1-3H3. The van der Waals surface area contributed by atoms with E-state index in [1.54, 1.807) is 7.11 Å². The van der Waals surface area contributed by atoms with Gasteiger partial charge < -0.3 is 10.1 Å². The molecule has 100 valence electrons. The number of halogens is 1. The number of methoxy groups -OCH3 is 1. The summed E-state index contributed by atoms with van der Waals surface area (Å²) in [5.41, 5.74) is 3.30. The molecule has 1 atom stereocenters. The fraction of sp³-hybridized carbons (Fsp3) is 0.250. The normalized spacial score (nSPS) is 12.2. The second-order valence-corrected chi connectivity index (χ2v) is 4.85. The highest BCUT2D eigenvalue weighted by molar-refractivity contribution is 6.32. The van der Waals surface area contributed by atoms with Gasteiger partial charge in [0.2, 0.25) is 0 Å². The van der Waals surface area contributed by atoms with E-state index in [-0.39, 0.29) is 6.04 Å². The second-order valence-electron chi connectivity index (χ2n) is 4.48. The molecule has 0 aliphatic rings. The van der Waals surface area contributed by atoms with Gasteiger partial charge >= 0.3 is 0 Å². The summed E-state index contributed by atoms with van der Waals surface area (Å²) in [5.74, 6) is 0.849. The maximum absolute atomic E-state index is 6.42. The quantitative estimate of drug-likeness (QED) is 0.912. The van der Waals surface area contributed by atoms with Crippen molar-refractivity contribution in [3.05, 3.63) is 64.2 Å². The number of ether oxygens (including phenoxy) is 1. The zero-order valence-corrected chi connectivity index (χ0v) is 12.2. The predicted octanol–water partition coefficient (Wildman–Crippen LogP) is 3.97. The summed E-state index contributed by atoms with van der Waals surface area (Å²) in [5, 5.41) is 4.12. The lowest BCUT2D eigenvalue weighted by atomic mass is 9.97. The minimum absolute atomic E-state index is 0.0579. The first-order chi connectivity index (χ1) is 9.17. The summed E-state index contributed by atoms with van der Waals surface area (Å²) in [6.45, 7) is 2.02. The minimum atomic E-state index is 0.0579. The lowest BCUT2D eigenvalue weighted by molar-refractivity contribution is 0.414. The lowest BCUT2D eigenvalue weighted by Gasteiger charge is -2.20. The first kappa shape index (κ1) is 13.9. The minimum Gasteiger partial charge on any atom is -0.497 e. The lowest BCUT2D eigenvalue weighted by Crippen LogP contribution is -2.18. The third-order valence-corrected chi connectivity index (χ3v) is 3.76. The molecule has 0 heterocycles. The molecular formula is C16H18ClNO. The second kappa shape index (κ2) is 6.09.